The zero-order chi connectivity index (χ0) is 33.9. The van der Waals surface area contributed by atoms with Gasteiger partial charge < -0.3 is 29.3 Å². The number of aliphatic hydroxyl groups is 1. The number of aromatic hydroxyl groups is 1. The number of β-amino-alcohol motifs (C(OH)–C–C–N with tert-alkyl or cyclic N) is 1. The quantitative estimate of drug-likeness (QED) is 0.264. The van der Waals surface area contributed by atoms with Crippen LogP contribution in [0.3, 0.4) is 0 Å². The van der Waals surface area contributed by atoms with E-state index in [1.807, 2.05) is 11.8 Å². The molecule has 3 saturated heterocycles. The number of pyridine rings is 1. The van der Waals surface area contributed by atoms with E-state index >= 15 is 8.78 Å². The first-order valence-corrected chi connectivity index (χ1v) is 17.5. The first-order valence-electron chi connectivity index (χ1n) is 17.5. The van der Waals surface area contributed by atoms with E-state index < -0.39 is 17.2 Å². The number of rotatable bonds is 7. The third-order valence-corrected chi connectivity index (χ3v) is 11.1. The number of piperidine rings is 1. The molecule has 5 heterocycles. The number of aryl methyl sites for hydroxylation is 1. The van der Waals surface area contributed by atoms with Gasteiger partial charge in [0.25, 0.3) is 0 Å². The van der Waals surface area contributed by atoms with Crippen molar-refractivity contribution < 1.29 is 33.2 Å². The van der Waals surface area contributed by atoms with Crippen LogP contribution in [0.25, 0.3) is 32.9 Å². The van der Waals surface area contributed by atoms with Crippen molar-refractivity contribution in [1.82, 2.24) is 19.9 Å². The van der Waals surface area contributed by atoms with Crippen LogP contribution in [0.5, 0.6) is 11.8 Å². The molecule has 4 fully saturated rings. The van der Waals surface area contributed by atoms with E-state index in [9.17, 15) is 10.2 Å². The Morgan fingerprint density at radius 3 is 2.71 bits per heavy atom. The van der Waals surface area contributed by atoms with Gasteiger partial charge in [0, 0.05) is 29.8 Å². The summed E-state index contributed by atoms with van der Waals surface area (Å²) in [6.45, 7) is 7.64. The van der Waals surface area contributed by atoms with E-state index in [1.165, 1.54) is 24.4 Å². The Kier molecular flexibility index (Phi) is 8.33. The van der Waals surface area contributed by atoms with Crippen molar-refractivity contribution in [3.63, 3.8) is 0 Å². The van der Waals surface area contributed by atoms with Gasteiger partial charge in [0.1, 0.15) is 34.2 Å². The summed E-state index contributed by atoms with van der Waals surface area (Å²) >= 11 is 0. The van der Waals surface area contributed by atoms with Crippen molar-refractivity contribution in [3.8, 4) is 23.0 Å². The zero-order valence-corrected chi connectivity index (χ0v) is 28.1. The van der Waals surface area contributed by atoms with E-state index in [0.29, 0.717) is 65.8 Å². The number of anilines is 1. The molecule has 0 spiro atoms. The van der Waals surface area contributed by atoms with Gasteiger partial charge in [0.2, 0.25) is 0 Å². The van der Waals surface area contributed by atoms with Gasteiger partial charge >= 0.3 is 6.01 Å². The maximum absolute atomic E-state index is 17.0. The lowest BCUT2D eigenvalue weighted by Gasteiger charge is -2.51. The molecular formula is C37H43F2N5O5. The topological polar surface area (TPSA) is 113 Å². The second kappa shape index (κ2) is 12.6. The Balaban J connectivity index is 1.24. The predicted molar refractivity (Wildman–Crippen MR) is 181 cm³/mol. The van der Waals surface area contributed by atoms with Crippen molar-refractivity contribution in [3.05, 3.63) is 47.7 Å². The Bertz CT molecular complexity index is 1910. The average molecular weight is 676 g/mol. The molecule has 10 nitrogen and oxygen atoms in total. The largest absolute Gasteiger partial charge is 0.508 e. The predicted octanol–water partition coefficient (Wildman–Crippen LogP) is 5.39. The van der Waals surface area contributed by atoms with Gasteiger partial charge in [-0.2, -0.15) is 9.97 Å². The lowest BCUT2D eigenvalue weighted by Crippen LogP contribution is -2.60. The molecule has 1 saturated carbocycles. The Hall–Kier alpha value is -3.71. The molecule has 2 N–H and O–H groups in total. The van der Waals surface area contributed by atoms with Crippen LogP contribution in [0.2, 0.25) is 0 Å². The summed E-state index contributed by atoms with van der Waals surface area (Å²) in [6, 6.07) is 6.77. The molecule has 0 bridgehead atoms. The molecule has 260 valence electrons. The van der Waals surface area contributed by atoms with Crippen LogP contribution in [0, 0.1) is 17.0 Å². The van der Waals surface area contributed by atoms with Crippen molar-refractivity contribution >= 4 is 27.5 Å². The smallest absolute Gasteiger partial charge is 0.319 e. The number of halogens is 2. The number of benzene rings is 2. The highest BCUT2D eigenvalue weighted by Gasteiger charge is 2.51. The first kappa shape index (κ1) is 32.5. The molecule has 3 atom stereocenters. The number of hydrogen-bond acceptors (Lipinski definition) is 10. The zero-order valence-electron chi connectivity index (χ0n) is 28.1. The van der Waals surface area contributed by atoms with Gasteiger partial charge in [0.15, 0.2) is 5.82 Å². The third-order valence-electron chi connectivity index (χ3n) is 11.1. The highest BCUT2D eigenvalue weighted by Crippen LogP contribution is 2.49. The highest BCUT2D eigenvalue weighted by molar-refractivity contribution is 6.01. The monoisotopic (exact) mass is 675 g/mol. The number of phenols is 1. The minimum atomic E-state index is -1.17. The molecule has 3 aliphatic heterocycles. The summed E-state index contributed by atoms with van der Waals surface area (Å²) in [5, 5.41) is 23.1. The maximum atomic E-state index is 17.0. The second-order valence-corrected chi connectivity index (χ2v) is 14.5. The fourth-order valence-electron chi connectivity index (χ4n) is 8.73. The van der Waals surface area contributed by atoms with Crippen LogP contribution in [0.1, 0.15) is 51.5 Å². The van der Waals surface area contributed by atoms with Gasteiger partial charge in [-0.3, -0.25) is 9.88 Å². The number of likely N-dealkylation sites (tertiary alicyclic amines) is 1. The summed E-state index contributed by atoms with van der Waals surface area (Å²) in [6.07, 6.45) is 7.26. The highest BCUT2D eigenvalue weighted by atomic mass is 19.1. The Morgan fingerprint density at radius 2 is 1.92 bits per heavy atom. The lowest BCUT2D eigenvalue weighted by molar-refractivity contribution is -0.115. The van der Waals surface area contributed by atoms with Crippen molar-refractivity contribution in [2.45, 2.75) is 70.1 Å². The molecule has 2 aromatic carbocycles. The molecule has 0 radical (unpaired) electrons. The van der Waals surface area contributed by atoms with Crippen LogP contribution in [-0.2, 0) is 15.9 Å². The van der Waals surface area contributed by atoms with Crippen LogP contribution < -0.4 is 9.64 Å². The summed E-state index contributed by atoms with van der Waals surface area (Å²) in [7, 11) is 0. The number of phenolic OH excluding ortho intramolecular Hbond substituents is 1. The van der Waals surface area contributed by atoms with E-state index in [0.717, 1.165) is 51.9 Å². The molecule has 0 amide bonds. The summed E-state index contributed by atoms with van der Waals surface area (Å²) < 4.78 is 49.8. The summed E-state index contributed by atoms with van der Waals surface area (Å²) in [4.78, 5) is 18.6. The van der Waals surface area contributed by atoms with Gasteiger partial charge in [-0.25, -0.2) is 8.78 Å². The molecule has 8 rings (SSSR count). The molecule has 12 heteroatoms. The van der Waals surface area contributed by atoms with Crippen LogP contribution in [-0.4, -0.2) is 100 Å². The standard InChI is InChI=1S/C37H43F2N5O5/c1-3-25-28(38)8-7-22-14-24(45)15-26(30(22)25)32-31(39)33-27(16-40-32)34(43-12-13-47-20-36(2,46)19-43)42-35(41-33)49-21-37-9-4-6-29(37)44(11-5-10-37)23-17-48-18-23/h7-8,14-16,23,29,45-46H,3-6,9-13,17-21H2,1-2H3/t29-,36+,37-/m1/s1. The van der Waals surface area contributed by atoms with Crippen molar-refractivity contribution in [2.24, 2.45) is 5.41 Å². The normalized spacial score (nSPS) is 26.6. The minimum absolute atomic E-state index is 0.00175. The van der Waals surface area contributed by atoms with E-state index in [1.54, 1.807) is 13.0 Å². The fraction of sp³-hybridized carbons (Fsp3) is 0.541. The summed E-state index contributed by atoms with van der Waals surface area (Å²) in [5.74, 6) is -0.832. The van der Waals surface area contributed by atoms with Gasteiger partial charge in [-0.05, 0) is 80.1 Å². The molecule has 2 aromatic heterocycles. The van der Waals surface area contributed by atoms with Crippen LogP contribution >= 0.6 is 0 Å². The fourth-order valence-corrected chi connectivity index (χ4v) is 8.73. The molecule has 0 unspecified atom stereocenters. The first-order chi connectivity index (χ1) is 23.7. The summed E-state index contributed by atoms with van der Waals surface area (Å²) in [5.41, 5.74) is -0.610. The minimum Gasteiger partial charge on any atom is -0.508 e. The number of hydrogen-bond donors (Lipinski definition) is 2. The van der Waals surface area contributed by atoms with Gasteiger partial charge in [-0.15, -0.1) is 0 Å². The molecular weight excluding hydrogens is 632 g/mol. The van der Waals surface area contributed by atoms with Crippen LogP contribution in [0.15, 0.2) is 30.5 Å². The third kappa shape index (κ3) is 5.76. The van der Waals surface area contributed by atoms with Gasteiger partial charge in [-0.1, -0.05) is 19.4 Å². The molecule has 4 aliphatic rings. The SMILES string of the molecule is CCc1c(F)ccc2cc(O)cc(-c3ncc4c(N5CCOC[C@@](C)(O)C5)nc(OC[C@]56CCC[C@H]5N(C5COC5)CCC6)nc4c3F)c12. The van der Waals surface area contributed by atoms with Crippen molar-refractivity contribution in [1.29, 1.82) is 0 Å². The van der Waals surface area contributed by atoms with E-state index in [-0.39, 0.29) is 47.1 Å². The average Bonchev–Trinajstić information content (AvgIpc) is 3.41. The van der Waals surface area contributed by atoms with Crippen LogP contribution in [0.4, 0.5) is 14.6 Å². The lowest BCUT2D eigenvalue weighted by atomic mass is 9.75. The Morgan fingerprint density at radius 1 is 1.08 bits per heavy atom. The number of aromatic nitrogens is 3. The molecule has 49 heavy (non-hydrogen) atoms. The van der Waals surface area contributed by atoms with E-state index in [2.05, 4.69) is 14.9 Å². The van der Waals surface area contributed by atoms with Gasteiger partial charge in [0.05, 0.1) is 51.0 Å². The molecule has 4 aromatic rings. The number of fused-ring (bicyclic) bond motifs is 3. The van der Waals surface area contributed by atoms with Crippen molar-refractivity contribution in [2.75, 3.05) is 57.6 Å². The number of nitrogens with zero attached hydrogens (tertiary/aromatic N) is 5. The maximum Gasteiger partial charge on any atom is 0.319 e. The molecule has 1 aliphatic carbocycles. The Labute approximate surface area is 284 Å². The van der Waals surface area contributed by atoms with E-state index in [4.69, 9.17) is 19.2 Å². The second-order valence-electron chi connectivity index (χ2n) is 14.5. The number of ether oxygens (including phenoxy) is 3.